The first-order chi connectivity index (χ1) is 17.7. The van der Waals surface area contributed by atoms with Crippen LogP contribution in [0.1, 0.15) is 96.6 Å². The van der Waals surface area contributed by atoms with Gasteiger partial charge in [0.25, 0.3) is 0 Å². The van der Waals surface area contributed by atoms with Crippen LogP contribution in [-0.2, 0) is 9.53 Å². The molecule has 36 heavy (non-hydrogen) atoms. The van der Waals surface area contributed by atoms with Crippen molar-refractivity contribution in [1.82, 2.24) is 9.97 Å². The molecule has 2 aromatic heterocycles. The van der Waals surface area contributed by atoms with Crippen molar-refractivity contribution in [1.29, 1.82) is 0 Å². The molecule has 0 aromatic carbocycles. The molecule has 2 N–H and O–H groups in total. The topological polar surface area (TPSA) is 79.5 Å². The van der Waals surface area contributed by atoms with Crippen LogP contribution >= 0.6 is 0 Å². The lowest BCUT2D eigenvalue weighted by Gasteiger charge is -2.03. The van der Waals surface area contributed by atoms with Gasteiger partial charge in [0.15, 0.2) is 0 Å². The van der Waals surface area contributed by atoms with E-state index in [4.69, 9.17) is 14.5 Å². The molecule has 0 saturated heterocycles. The van der Waals surface area contributed by atoms with Crippen molar-refractivity contribution in [3.8, 4) is 17.1 Å². The Morgan fingerprint density at radius 3 is 2.42 bits per heavy atom. The summed E-state index contributed by atoms with van der Waals surface area (Å²) in [5.74, 6) is 0.809. The van der Waals surface area contributed by atoms with E-state index < -0.39 is 0 Å². The molecule has 0 bridgehead atoms. The van der Waals surface area contributed by atoms with E-state index in [-0.39, 0.29) is 5.97 Å². The van der Waals surface area contributed by atoms with Crippen LogP contribution in [0.5, 0.6) is 5.75 Å². The summed E-state index contributed by atoms with van der Waals surface area (Å²) < 4.78 is 10.9. The highest BCUT2D eigenvalue weighted by molar-refractivity contribution is 5.99. The van der Waals surface area contributed by atoms with Crippen LogP contribution in [0.15, 0.2) is 47.2 Å². The first-order valence-corrected chi connectivity index (χ1v) is 13.8. The van der Waals surface area contributed by atoms with Gasteiger partial charge in [-0.25, -0.2) is 0 Å². The molecule has 0 amide bonds. The number of aromatic amines is 2. The summed E-state index contributed by atoms with van der Waals surface area (Å²) in [6.07, 6.45) is 21.7. The minimum atomic E-state index is -0.0569. The Hall–Kier alpha value is -3.02. The summed E-state index contributed by atoms with van der Waals surface area (Å²) in [4.78, 5) is 22.9. The van der Waals surface area contributed by atoms with Crippen LogP contribution in [-0.4, -0.2) is 34.9 Å². The number of aromatic nitrogens is 2. The Kier molecular flexibility index (Phi) is 12.2. The highest BCUT2D eigenvalue weighted by Gasteiger charge is 2.12. The Balaban J connectivity index is 1.33. The number of carbonyl (C=O) groups excluding carboxylic acids is 1. The summed E-state index contributed by atoms with van der Waals surface area (Å²) in [5.41, 5.74) is 5.14. The van der Waals surface area contributed by atoms with E-state index in [2.05, 4.69) is 41.2 Å². The molecule has 6 nitrogen and oxygen atoms in total. The number of unbranched alkanes of at least 4 members (excludes halogenated alkanes) is 8. The van der Waals surface area contributed by atoms with Crippen LogP contribution in [0, 0.1) is 0 Å². The molecule has 0 aliphatic carbocycles. The van der Waals surface area contributed by atoms with Crippen molar-refractivity contribution in [3.05, 3.63) is 47.9 Å². The minimum Gasteiger partial charge on any atom is -0.491 e. The third-order valence-corrected chi connectivity index (χ3v) is 6.29. The molecule has 0 unspecified atom stereocenters. The van der Waals surface area contributed by atoms with Crippen LogP contribution < -0.4 is 4.74 Å². The van der Waals surface area contributed by atoms with E-state index in [1.165, 1.54) is 44.9 Å². The van der Waals surface area contributed by atoms with Crippen LogP contribution in [0.2, 0.25) is 0 Å². The Labute approximate surface area is 216 Å². The number of hydrogen-bond donors (Lipinski definition) is 2. The smallest absolute Gasteiger partial charge is 0.305 e. The van der Waals surface area contributed by atoms with Gasteiger partial charge in [0.05, 0.1) is 36.0 Å². The van der Waals surface area contributed by atoms with Gasteiger partial charge in [-0.3, -0.25) is 9.79 Å². The van der Waals surface area contributed by atoms with Crippen LogP contribution in [0.4, 0.5) is 0 Å². The number of carbonyl (C=O) groups is 1. The van der Waals surface area contributed by atoms with Crippen molar-refractivity contribution >= 4 is 17.8 Å². The van der Waals surface area contributed by atoms with Crippen molar-refractivity contribution in [2.75, 3.05) is 13.2 Å². The highest BCUT2D eigenvalue weighted by Crippen LogP contribution is 2.29. The molecule has 3 heterocycles. The first kappa shape index (κ1) is 27.6. The summed E-state index contributed by atoms with van der Waals surface area (Å²) in [6, 6.07) is 6.10. The third kappa shape index (κ3) is 9.56. The predicted molar refractivity (Wildman–Crippen MR) is 148 cm³/mol. The summed E-state index contributed by atoms with van der Waals surface area (Å²) in [6.45, 7) is 5.15. The largest absolute Gasteiger partial charge is 0.491 e. The Morgan fingerprint density at radius 2 is 1.72 bits per heavy atom. The van der Waals surface area contributed by atoms with Gasteiger partial charge in [-0.05, 0) is 63.0 Å². The van der Waals surface area contributed by atoms with E-state index >= 15 is 0 Å². The number of nitrogens with one attached hydrogen (secondary N) is 2. The Bertz CT molecular complexity index is 999. The van der Waals surface area contributed by atoms with E-state index in [0.717, 1.165) is 59.9 Å². The molecule has 2 aromatic rings. The summed E-state index contributed by atoms with van der Waals surface area (Å²) >= 11 is 0. The number of H-pyrrole nitrogens is 2. The van der Waals surface area contributed by atoms with Gasteiger partial charge < -0.3 is 19.4 Å². The van der Waals surface area contributed by atoms with Gasteiger partial charge in [0.2, 0.25) is 0 Å². The second-order valence-electron chi connectivity index (χ2n) is 9.39. The molecule has 0 radical (unpaired) electrons. The fraction of sp³-hybridized carbons (Fsp3) is 0.533. The van der Waals surface area contributed by atoms with E-state index in [1.54, 1.807) is 0 Å². The molecule has 0 fully saturated rings. The lowest BCUT2D eigenvalue weighted by Crippen LogP contribution is -2.03. The van der Waals surface area contributed by atoms with E-state index in [1.807, 2.05) is 25.3 Å². The van der Waals surface area contributed by atoms with Gasteiger partial charge >= 0.3 is 5.97 Å². The second kappa shape index (κ2) is 15.9. The summed E-state index contributed by atoms with van der Waals surface area (Å²) in [5, 5.41) is 0. The molecule has 0 saturated carbocycles. The van der Waals surface area contributed by atoms with Gasteiger partial charge in [0.1, 0.15) is 5.75 Å². The van der Waals surface area contributed by atoms with Crippen LogP contribution in [0.3, 0.4) is 0 Å². The molecular weight excluding hydrogens is 450 g/mol. The monoisotopic (exact) mass is 493 g/mol. The number of nitrogens with zero attached hydrogens (tertiary/aromatic N) is 1. The molecule has 0 spiro atoms. The number of allylic oxidation sites excluding steroid dienone is 2. The number of esters is 1. The molecule has 1 aliphatic rings. The number of ether oxygens (including phenoxy) is 2. The number of hydrogen-bond acceptors (Lipinski definition) is 4. The quantitative estimate of drug-likeness (QED) is 0.163. The average molecular weight is 494 g/mol. The molecule has 1 aliphatic heterocycles. The predicted octanol–water partition coefficient (Wildman–Crippen LogP) is 8.00. The van der Waals surface area contributed by atoms with Gasteiger partial charge in [-0.15, -0.1) is 0 Å². The SMILES string of the molecule is CCCOc1cc(-c2ccc[nH]2)[nH]c1C=C1C=CC(CCCCCCCCCCCC(=O)OCC)=N1. The third-order valence-electron chi connectivity index (χ3n) is 6.29. The summed E-state index contributed by atoms with van der Waals surface area (Å²) in [7, 11) is 0. The van der Waals surface area contributed by atoms with Crippen molar-refractivity contribution in [3.63, 3.8) is 0 Å². The van der Waals surface area contributed by atoms with E-state index in [0.29, 0.717) is 19.6 Å². The molecular formula is C30H43N3O3. The molecule has 196 valence electrons. The molecule has 3 rings (SSSR count). The maximum Gasteiger partial charge on any atom is 0.305 e. The zero-order valence-corrected chi connectivity index (χ0v) is 22.1. The zero-order chi connectivity index (χ0) is 25.4. The lowest BCUT2D eigenvalue weighted by molar-refractivity contribution is -0.143. The highest BCUT2D eigenvalue weighted by atomic mass is 16.5. The average Bonchev–Trinajstić information content (AvgIpc) is 3.63. The maximum absolute atomic E-state index is 11.3. The van der Waals surface area contributed by atoms with Crippen molar-refractivity contribution in [2.45, 2.75) is 90.9 Å². The van der Waals surface area contributed by atoms with Gasteiger partial charge in [0, 0.05) is 24.4 Å². The normalized spacial score (nSPS) is 13.9. The molecule has 6 heteroatoms. The second-order valence-corrected chi connectivity index (χ2v) is 9.39. The van der Waals surface area contributed by atoms with Crippen molar-refractivity contribution < 1.29 is 14.3 Å². The van der Waals surface area contributed by atoms with Gasteiger partial charge in [-0.1, -0.05) is 51.9 Å². The Morgan fingerprint density at radius 1 is 0.972 bits per heavy atom. The first-order valence-electron chi connectivity index (χ1n) is 13.8. The fourth-order valence-electron chi connectivity index (χ4n) is 4.37. The molecule has 0 atom stereocenters. The fourth-order valence-corrected chi connectivity index (χ4v) is 4.37. The van der Waals surface area contributed by atoms with Crippen molar-refractivity contribution in [2.24, 2.45) is 4.99 Å². The standard InChI is InChI=1S/C30H43N3O3/c1-3-21-36-29-23-27(26-16-14-20-31-26)33-28(29)22-25-19-18-24(32-25)15-12-10-8-6-5-7-9-11-13-17-30(34)35-4-2/h14,16,18-20,22-23,31,33H,3-13,15,17,21H2,1-2H3. The minimum absolute atomic E-state index is 0.0569. The van der Waals surface area contributed by atoms with Gasteiger partial charge in [-0.2, -0.15) is 0 Å². The zero-order valence-electron chi connectivity index (χ0n) is 22.1. The van der Waals surface area contributed by atoms with E-state index in [9.17, 15) is 4.79 Å². The number of aliphatic imine (C=N–C) groups is 1. The lowest BCUT2D eigenvalue weighted by atomic mass is 10.0. The maximum atomic E-state index is 11.3. The van der Waals surface area contributed by atoms with Crippen LogP contribution in [0.25, 0.3) is 17.5 Å². The number of rotatable bonds is 18.